The van der Waals surface area contributed by atoms with Crippen molar-refractivity contribution in [2.24, 2.45) is 5.16 Å². The maximum Gasteiger partial charge on any atom is 0.265 e. The zero-order valence-corrected chi connectivity index (χ0v) is 16.7. The molecule has 0 saturated heterocycles. The first kappa shape index (κ1) is 20.1. The summed E-state index contributed by atoms with van der Waals surface area (Å²) in [5, 5.41) is 3.89. The molecule has 0 radical (unpaired) electrons. The Morgan fingerprint density at radius 2 is 1.69 bits per heavy atom. The molecule has 29 heavy (non-hydrogen) atoms. The fourth-order valence-electron chi connectivity index (χ4n) is 3.10. The van der Waals surface area contributed by atoms with E-state index in [0.29, 0.717) is 33.8 Å². The summed E-state index contributed by atoms with van der Waals surface area (Å²) < 4.78 is 18.7. The number of carbonyl (C=O) groups excluding carboxylic acids is 1. The van der Waals surface area contributed by atoms with Gasteiger partial charge in [-0.25, -0.2) is 4.39 Å². The number of methoxy groups -OCH3 is 1. The van der Waals surface area contributed by atoms with Crippen molar-refractivity contribution in [3.05, 3.63) is 77.4 Å². The van der Waals surface area contributed by atoms with Gasteiger partial charge in [0.2, 0.25) is 0 Å². The second kappa shape index (κ2) is 8.60. The summed E-state index contributed by atoms with van der Waals surface area (Å²) in [6, 6.07) is 13.1. The Kier molecular flexibility index (Phi) is 5.97. The van der Waals surface area contributed by atoms with E-state index in [-0.39, 0.29) is 11.7 Å². The number of anilines is 1. The first-order chi connectivity index (χ1) is 14.0. The van der Waals surface area contributed by atoms with Gasteiger partial charge in [-0.2, -0.15) is 0 Å². The van der Waals surface area contributed by atoms with Crippen LogP contribution in [0.5, 0.6) is 5.75 Å². The summed E-state index contributed by atoms with van der Waals surface area (Å²) in [7, 11) is 6.68. The Hall–Kier alpha value is -3.61. The van der Waals surface area contributed by atoms with Gasteiger partial charge in [-0.05, 0) is 42.0 Å². The molecule has 1 aliphatic rings. The average Bonchev–Trinajstić information content (AvgIpc) is 2.98. The number of hydrogen-bond acceptors (Lipinski definition) is 5. The lowest BCUT2D eigenvalue weighted by atomic mass is 9.99. The first-order valence-corrected chi connectivity index (χ1v) is 8.90. The molecule has 0 saturated carbocycles. The van der Waals surface area contributed by atoms with E-state index in [0.717, 1.165) is 0 Å². The number of allylic oxidation sites excluding steroid dienone is 1. The largest absolute Gasteiger partial charge is 0.497 e. The third-order valence-electron chi connectivity index (χ3n) is 4.33. The van der Waals surface area contributed by atoms with E-state index >= 15 is 0 Å². The van der Waals surface area contributed by atoms with Gasteiger partial charge in [0.25, 0.3) is 5.91 Å². The molecule has 2 aromatic rings. The van der Waals surface area contributed by atoms with Crippen molar-refractivity contribution < 1.29 is 18.8 Å². The Morgan fingerprint density at radius 1 is 1.03 bits per heavy atom. The molecular formula is C22H22FN3O3. The summed E-state index contributed by atoms with van der Waals surface area (Å²) in [5.41, 5.74) is 2.98. The van der Waals surface area contributed by atoms with Crippen LogP contribution < -0.4 is 9.64 Å². The maximum atomic E-state index is 13.5. The second-order valence-electron chi connectivity index (χ2n) is 6.53. The molecule has 3 rings (SSSR count). The van der Waals surface area contributed by atoms with Crippen molar-refractivity contribution in [1.82, 2.24) is 4.90 Å². The molecule has 0 unspecified atom stereocenters. The number of halogens is 1. The molecule has 1 heterocycles. The molecule has 0 spiro atoms. The summed E-state index contributed by atoms with van der Waals surface area (Å²) in [5.74, 6) is 0.107. The molecule has 1 aliphatic heterocycles. The van der Waals surface area contributed by atoms with Crippen LogP contribution in [0.1, 0.15) is 5.56 Å². The molecule has 7 heteroatoms. The van der Waals surface area contributed by atoms with Crippen LogP contribution in [0, 0.1) is 5.82 Å². The van der Waals surface area contributed by atoms with E-state index in [1.807, 2.05) is 14.1 Å². The molecule has 0 bridgehead atoms. The molecule has 0 atom stereocenters. The Morgan fingerprint density at radius 3 is 2.24 bits per heavy atom. The van der Waals surface area contributed by atoms with Crippen LogP contribution in [0.3, 0.4) is 0 Å². The summed E-state index contributed by atoms with van der Waals surface area (Å²) >= 11 is 0. The topological polar surface area (TPSA) is 54.4 Å². The van der Waals surface area contributed by atoms with E-state index in [1.54, 1.807) is 59.5 Å². The van der Waals surface area contributed by atoms with Crippen molar-refractivity contribution in [2.45, 2.75) is 0 Å². The van der Waals surface area contributed by atoms with Crippen molar-refractivity contribution in [3.63, 3.8) is 0 Å². The Labute approximate surface area is 169 Å². The minimum atomic E-state index is -0.351. The number of amides is 1. The van der Waals surface area contributed by atoms with Crippen LogP contribution >= 0.6 is 0 Å². The second-order valence-corrected chi connectivity index (χ2v) is 6.53. The fourth-order valence-corrected chi connectivity index (χ4v) is 3.10. The van der Waals surface area contributed by atoms with Gasteiger partial charge in [0.05, 0.1) is 24.6 Å². The van der Waals surface area contributed by atoms with Crippen molar-refractivity contribution >= 4 is 23.4 Å². The minimum Gasteiger partial charge on any atom is -0.497 e. The van der Waals surface area contributed by atoms with Gasteiger partial charge in [-0.3, -0.25) is 9.69 Å². The lowest BCUT2D eigenvalue weighted by Gasteiger charge is -2.18. The lowest BCUT2D eigenvalue weighted by Crippen LogP contribution is -2.26. The molecule has 0 fully saturated rings. The van der Waals surface area contributed by atoms with Crippen LogP contribution in [-0.2, 0) is 9.63 Å². The quantitative estimate of drug-likeness (QED) is 0.425. The van der Waals surface area contributed by atoms with E-state index in [1.165, 1.54) is 25.5 Å². The van der Waals surface area contributed by atoms with Gasteiger partial charge in [0, 0.05) is 31.6 Å². The summed E-state index contributed by atoms with van der Waals surface area (Å²) in [6.45, 7) is 0. The SMILES string of the molecule is CO/N=C/C1=C(c2ccc(F)cc2)C(=C\N(C)C)/C(=O)N1c1ccc(OC)cc1. The van der Waals surface area contributed by atoms with E-state index in [2.05, 4.69) is 5.16 Å². The number of nitrogens with zero attached hydrogens (tertiary/aromatic N) is 3. The van der Waals surface area contributed by atoms with Crippen LogP contribution in [0.15, 0.2) is 71.2 Å². The van der Waals surface area contributed by atoms with Crippen LogP contribution in [-0.4, -0.2) is 45.3 Å². The van der Waals surface area contributed by atoms with E-state index < -0.39 is 0 Å². The first-order valence-electron chi connectivity index (χ1n) is 8.90. The number of rotatable bonds is 6. The number of benzene rings is 2. The molecule has 150 valence electrons. The zero-order chi connectivity index (χ0) is 21.0. The number of oxime groups is 1. The highest BCUT2D eigenvalue weighted by Crippen LogP contribution is 2.39. The summed E-state index contributed by atoms with van der Waals surface area (Å²) in [4.78, 5) is 21.6. The Balaban J connectivity index is 2.24. The molecule has 0 N–H and O–H groups in total. The number of hydrogen-bond donors (Lipinski definition) is 0. The third-order valence-corrected chi connectivity index (χ3v) is 4.33. The maximum absolute atomic E-state index is 13.5. The van der Waals surface area contributed by atoms with Crippen LogP contribution in [0.25, 0.3) is 5.57 Å². The fraction of sp³-hybridized carbons (Fsp3) is 0.182. The highest BCUT2D eigenvalue weighted by Gasteiger charge is 2.36. The van der Waals surface area contributed by atoms with E-state index in [9.17, 15) is 9.18 Å². The lowest BCUT2D eigenvalue weighted by molar-refractivity contribution is -0.114. The summed E-state index contributed by atoms with van der Waals surface area (Å²) in [6.07, 6.45) is 3.22. The molecule has 0 aliphatic carbocycles. The predicted molar refractivity (Wildman–Crippen MR) is 111 cm³/mol. The zero-order valence-electron chi connectivity index (χ0n) is 16.7. The van der Waals surface area contributed by atoms with Gasteiger partial charge < -0.3 is 14.5 Å². The highest BCUT2D eigenvalue weighted by atomic mass is 19.1. The molecule has 2 aromatic carbocycles. The molecular weight excluding hydrogens is 373 g/mol. The van der Waals surface area contributed by atoms with Gasteiger partial charge in [-0.15, -0.1) is 0 Å². The van der Waals surface area contributed by atoms with Gasteiger partial charge in [-0.1, -0.05) is 17.3 Å². The Bertz CT molecular complexity index is 977. The monoisotopic (exact) mass is 395 g/mol. The third kappa shape index (κ3) is 4.13. The van der Waals surface area contributed by atoms with E-state index in [4.69, 9.17) is 9.57 Å². The number of carbonyl (C=O) groups is 1. The average molecular weight is 395 g/mol. The molecule has 0 aromatic heterocycles. The van der Waals surface area contributed by atoms with Gasteiger partial charge in [0.15, 0.2) is 0 Å². The normalized spacial score (nSPS) is 15.6. The standard InChI is InChI=1S/C22H22FN3O3/c1-25(2)14-19-21(15-5-7-16(23)8-6-15)20(13-24-29-4)26(22(19)27)17-9-11-18(28-3)12-10-17/h5-14H,1-4H3/b19-14+,24-13+. The van der Waals surface area contributed by atoms with Crippen LogP contribution in [0.4, 0.5) is 10.1 Å². The smallest absolute Gasteiger partial charge is 0.265 e. The van der Waals surface area contributed by atoms with Crippen molar-refractivity contribution in [2.75, 3.05) is 33.2 Å². The van der Waals surface area contributed by atoms with Crippen LogP contribution in [0.2, 0.25) is 0 Å². The number of ether oxygens (including phenoxy) is 1. The predicted octanol–water partition coefficient (Wildman–Crippen LogP) is 3.67. The van der Waals surface area contributed by atoms with Gasteiger partial charge >= 0.3 is 0 Å². The van der Waals surface area contributed by atoms with Crippen molar-refractivity contribution in [3.8, 4) is 5.75 Å². The minimum absolute atomic E-state index is 0.222. The molecule has 6 nitrogen and oxygen atoms in total. The molecule has 1 amide bonds. The highest BCUT2D eigenvalue weighted by molar-refractivity contribution is 6.28. The van der Waals surface area contributed by atoms with Crippen molar-refractivity contribution in [1.29, 1.82) is 0 Å². The van der Waals surface area contributed by atoms with Gasteiger partial charge in [0.1, 0.15) is 18.7 Å².